The maximum absolute atomic E-state index is 12.6. The number of anilines is 1. The van der Waals surface area contributed by atoms with Gasteiger partial charge in [-0.2, -0.15) is 0 Å². The van der Waals surface area contributed by atoms with Crippen LogP contribution < -0.4 is 5.73 Å². The Hall–Kier alpha value is -2.12. The number of thioether (sulfide) groups is 1. The summed E-state index contributed by atoms with van der Waals surface area (Å²) in [7, 11) is 1.84. The molecule has 3 aromatic rings. The summed E-state index contributed by atoms with van der Waals surface area (Å²) in [6.45, 7) is 4.96. The number of nitrogens with zero attached hydrogens (tertiary/aromatic N) is 3. The largest absolute Gasteiger partial charge is 0.383 e. The van der Waals surface area contributed by atoms with E-state index in [4.69, 9.17) is 10.7 Å². The van der Waals surface area contributed by atoms with Crippen molar-refractivity contribution in [3.05, 3.63) is 45.8 Å². The predicted molar refractivity (Wildman–Crippen MR) is 121 cm³/mol. The number of benzene rings is 1. The summed E-state index contributed by atoms with van der Waals surface area (Å²) < 4.78 is 0. The maximum atomic E-state index is 12.6. The molecule has 0 radical (unpaired) electrons. The standard InChI is InChI=1S/C22H26N4OS2/c1-13-8-9-16-17(10-13)29-21-19(16)20(23)24-22(25-21)28-12-18(27)26(3)11-15-7-5-4-6-14(15)2/h4-7,13H,8-12H2,1-3H3,(H2,23,24,25). The Bertz CT molecular complexity index is 1060. The Kier molecular flexibility index (Phi) is 5.79. The van der Waals surface area contributed by atoms with Crippen LogP contribution in [0.5, 0.6) is 0 Å². The van der Waals surface area contributed by atoms with Gasteiger partial charge in [-0.1, -0.05) is 43.0 Å². The third-order valence-corrected chi connectivity index (χ3v) is 7.56. The summed E-state index contributed by atoms with van der Waals surface area (Å²) in [4.78, 5) is 25.9. The number of fused-ring (bicyclic) bond motifs is 3. The summed E-state index contributed by atoms with van der Waals surface area (Å²) >= 11 is 3.10. The van der Waals surface area contributed by atoms with E-state index in [9.17, 15) is 4.79 Å². The Balaban J connectivity index is 1.45. The zero-order valence-corrected chi connectivity index (χ0v) is 18.7. The number of carbonyl (C=O) groups excluding carboxylic acids is 1. The normalized spacial score (nSPS) is 16.0. The fourth-order valence-electron chi connectivity index (χ4n) is 3.78. The predicted octanol–water partition coefficient (Wildman–Crippen LogP) is 4.46. The highest BCUT2D eigenvalue weighted by Crippen LogP contribution is 2.39. The molecule has 4 rings (SSSR count). The van der Waals surface area contributed by atoms with E-state index in [0.717, 1.165) is 28.6 Å². The van der Waals surface area contributed by atoms with Crippen molar-refractivity contribution in [3.63, 3.8) is 0 Å². The van der Waals surface area contributed by atoms with Gasteiger partial charge in [0.15, 0.2) is 5.16 Å². The van der Waals surface area contributed by atoms with E-state index in [1.807, 2.05) is 19.2 Å². The van der Waals surface area contributed by atoms with Crippen LogP contribution in [-0.4, -0.2) is 33.6 Å². The minimum Gasteiger partial charge on any atom is -0.383 e. The maximum Gasteiger partial charge on any atom is 0.233 e. The van der Waals surface area contributed by atoms with Gasteiger partial charge in [0.05, 0.1) is 11.1 Å². The topological polar surface area (TPSA) is 72.1 Å². The summed E-state index contributed by atoms with van der Waals surface area (Å²) in [5.74, 6) is 1.61. The molecule has 1 aromatic carbocycles. The summed E-state index contributed by atoms with van der Waals surface area (Å²) in [6.07, 6.45) is 3.34. The zero-order valence-electron chi connectivity index (χ0n) is 17.1. The summed E-state index contributed by atoms with van der Waals surface area (Å²) in [5.41, 5.74) is 9.98. The first-order valence-electron chi connectivity index (χ1n) is 9.91. The number of hydrogen-bond donors (Lipinski definition) is 1. The molecular weight excluding hydrogens is 400 g/mol. The molecule has 1 aliphatic rings. The molecule has 1 aliphatic carbocycles. The van der Waals surface area contributed by atoms with Gasteiger partial charge in [0.2, 0.25) is 5.91 Å². The molecule has 5 nitrogen and oxygen atoms in total. The molecule has 1 amide bonds. The number of rotatable bonds is 5. The van der Waals surface area contributed by atoms with Crippen LogP contribution in [0, 0.1) is 12.8 Å². The highest BCUT2D eigenvalue weighted by molar-refractivity contribution is 7.99. The first kappa shape index (κ1) is 20.2. The van der Waals surface area contributed by atoms with Crippen LogP contribution in [0.4, 0.5) is 5.82 Å². The number of thiophene rings is 1. The van der Waals surface area contributed by atoms with Crippen molar-refractivity contribution in [2.24, 2.45) is 5.92 Å². The van der Waals surface area contributed by atoms with Crippen molar-refractivity contribution in [2.75, 3.05) is 18.5 Å². The minimum atomic E-state index is 0.0554. The number of aromatic nitrogens is 2. The SMILES string of the molecule is Cc1ccccc1CN(C)C(=O)CSc1nc(N)c2c3c(sc2n1)CC(C)CC3. The second kappa shape index (κ2) is 8.32. The van der Waals surface area contributed by atoms with E-state index >= 15 is 0 Å². The van der Waals surface area contributed by atoms with E-state index < -0.39 is 0 Å². The lowest BCUT2D eigenvalue weighted by molar-refractivity contribution is -0.127. The number of hydrogen-bond acceptors (Lipinski definition) is 6. The third kappa shape index (κ3) is 4.26. The molecule has 2 aromatic heterocycles. The Morgan fingerprint density at radius 1 is 1.34 bits per heavy atom. The second-order valence-electron chi connectivity index (χ2n) is 7.89. The molecular formula is C22H26N4OS2. The smallest absolute Gasteiger partial charge is 0.233 e. The van der Waals surface area contributed by atoms with Gasteiger partial charge >= 0.3 is 0 Å². The van der Waals surface area contributed by atoms with Gasteiger partial charge in [-0.05, 0) is 48.8 Å². The number of nitrogens with two attached hydrogens (primary N) is 1. The highest BCUT2D eigenvalue weighted by Gasteiger charge is 2.23. The summed E-state index contributed by atoms with van der Waals surface area (Å²) in [6, 6.07) is 8.14. The Morgan fingerprint density at radius 3 is 2.93 bits per heavy atom. The van der Waals surface area contributed by atoms with Gasteiger partial charge in [0.25, 0.3) is 0 Å². The second-order valence-corrected chi connectivity index (χ2v) is 9.91. The van der Waals surface area contributed by atoms with E-state index in [2.05, 4.69) is 31.0 Å². The van der Waals surface area contributed by atoms with Crippen molar-refractivity contribution in [1.82, 2.24) is 14.9 Å². The first-order chi connectivity index (χ1) is 13.9. The van der Waals surface area contributed by atoms with Gasteiger partial charge in [-0.3, -0.25) is 4.79 Å². The number of amides is 1. The molecule has 0 aliphatic heterocycles. The van der Waals surface area contributed by atoms with Crippen molar-refractivity contribution >= 4 is 45.0 Å². The molecule has 0 fully saturated rings. The quantitative estimate of drug-likeness (QED) is 0.482. The van der Waals surface area contributed by atoms with Gasteiger partial charge in [0, 0.05) is 18.5 Å². The summed E-state index contributed by atoms with van der Waals surface area (Å²) in [5, 5.41) is 1.61. The van der Waals surface area contributed by atoms with Crippen molar-refractivity contribution in [3.8, 4) is 0 Å². The van der Waals surface area contributed by atoms with Crippen LogP contribution in [0.25, 0.3) is 10.2 Å². The minimum absolute atomic E-state index is 0.0554. The molecule has 1 unspecified atom stereocenters. The average molecular weight is 427 g/mol. The van der Waals surface area contributed by atoms with Gasteiger partial charge in [-0.15, -0.1) is 11.3 Å². The Morgan fingerprint density at radius 2 is 2.14 bits per heavy atom. The first-order valence-corrected chi connectivity index (χ1v) is 11.7. The molecule has 0 saturated carbocycles. The van der Waals surface area contributed by atoms with Crippen LogP contribution in [0.3, 0.4) is 0 Å². The van der Waals surface area contributed by atoms with Crippen molar-refractivity contribution < 1.29 is 4.79 Å². The van der Waals surface area contributed by atoms with Crippen LogP contribution >= 0.6 is 23.1 Å². The van der Waals surface area contributed by atoms with E-state index in [1.54, 1.807) is 16.2 Å². The number of aryl methyl sites for hydroxylation is 2. The molecule has 152 valence electrons. The van der Waals surface area contributed by atoms with Crippen LogP contribution in [0.2, 0.25) is 0 Å². The van der Waals surface area contributed by atoms with Gasteiger partial charge in [0.1, 0.15) is 10.6 Å². The van der Waals surface area contributed by atoms with E-state index in [1.165, 1.54) is 34.2 Å². The molecule has 2 heterocycles. The zero-order chi connectivity index (χ0) is 20.5. The Labute approximate surface area is 179 Å². The molecule has 0 bridgehead atoms. The fourth-order valence-corrected chi connectivity index (χ4v) is 6.02. The monoisotopic (exact) mass is 426 g/mol. The number of nitrogen functional groups attached to an aromatic ring is 1. The van der Waals surface area contributed by atoms with Crippen LogP contribution in [-0.2, 0) is 24.2 Å². The molecule has 0 spiro atoms. The fraction of sp³-hybridized carbons (Fsp3) is 0.409. The molecule has 1 atom stereocenters. The van der Waals surface area contributed by atoms with Crippen molar-refractivity contribution in [2.45, 2.75) is 44.8 Å². The van der Waals surface area contributed by atoms with Crippen LogP contribution in [0.1, 0.15) is 34.9 Å². The van der Waals surface area contributed by atoms with Crippen LogP contribution in [0.15, 0.2) is 29.4 Å². The lowest BCUT2D eigenvalue weighted by Crippen LogP contribution is -2.28. The lowest BCUT2D eigenvalue weighted by atomic mass is 9.89. The molecule has 0 saturated heterocycles. The number of carbonyl (C=O) groups is 1. The molecule has 7 heteroatoms. The average Bonchev–Trinajstić information content (AvgIpc) is 3.05. The lowest BCUT2D eigenvalue weighted by Gasteiger charge is -2.18. The third-order valence-electron chi connectivity index (χ3n) is 5.58. The van der Waals surface area contributed by atoms with E-state index in [-0.39, 0.29) is 5.91 Å². The molecule has 29 heavy (non-hydrogen) atoms. The highest BCUT2D eigenvalue weighted by atomic mass is 32.2. The van der Waals surface area contributed by atoms with Gasteiger partial charge in [-0.25, -0.2) is 9.97 Å². The van der Waals surface area contributed by atoms with Gasteiger partial charge < -0.3 is 10.6 Å². The van der Waals surface area contributed by atoms with E-state index in [0.29, 0.717) is 29.2 Å². The van der Waals surface area contributed by atoms with Crippen molar-refractivity contribution in [1.29, 1.82) is 0 Å². The molecule has 2 N–H and O–H groups in total.